The summed E-state index contributed by atoms with van der Waals surface area (Å²) >= 11 is 0. The molecule has 100 valence electrons. The molecule has 0 amide bonds. The number of ether oxygens (including phenoxy) is 1. The average molecular weight is 257 g/mol. The van der Waals surface area contributed by atoms with E-state index in [2.05, 4.69) is 0 Å². The molecule has 3 heteroatoms. The maximum atomic E-state index is 10.4. The molecular weight excluding hydrogens is 238 g/mol. The van der Waals surface area contributed by atoms with Gasteiger partial charge in [0.15, 0.2) is 0 Å². The minimum Gasteiger partial charge on any atom is -0.490 e. The van der Waals surface area contributed by atoms with Crippen LogP contribution < -0.4 is 10.5 Å². The van der Waals surface area contributed by atoms with Crippen LogP contribution in [0.4, 0.5) is 0 Å². The van der Waals surface area contributed by atoms with Crippen molar-refractivity contribution in [3.8, 4) is 5.75 Å². The molecule has 3 N–H and O–H groups in total. The highest BCUT2D eigenvalue weighted by Gasteiger charge is 2.23. The van der Waals surface area contributed by atoms with E-state index in [0.717, 1.165) is 16.9 Å². The Balaban J connectivity index is 2.01. The molecule has 0 aliphatic heterocycles. The lowest BCUT2D eigenvalue weighted by Gasteiger charge is -2.24. The molecule has 0 aromatic heterocycles. The van der Waals surface area contributed by atoms with Gasteiger partial charge in [-0.1, -0.05) is 42.5 Å². The zero-order valence-corrected chi connectivity index (χ0v) is 11.0. The van der Waals surface area contributed by atoms with E-state index in [9.17, 15) is 5.11 Å². The first kappa shape index (κ1) is 13.6. The average Bonchev–Trinajstić information content (AvgIpc) is 2.47. The van der Waals surface area contributed by atoms with Crippen molar-refractivity contribution in [1.29, 1.82) is 0 Å². The largest absolute Gasteiger partial charge is 0.490 e. The summed E-state index contributed by atoms with van der Waals surface area (Å²) < 4.78 is 5.63. The third-order valence-electron chi connectivity index (χ3n) is 3.07. The van der Waals surface area contributed by atoms with Crippen molar-refractivity contribution in [3.63, 3.8) is 0 Å². The van der Waals surface area contributed by atoms with Gasteiger partial charge in [0, 0.05) is 6.54 Å². The lowest BCUT2D eigenvalue weighted by Crippen LogP contribution is -2.29. The number of aliphatic hydroxyl groups is 1. The second-order valence-corrected chi connectivity index (χ2v) is 4.78. The van der Waals surface area contributed by atoms with Crippen LogP contribution in [-0.2, 0) is 12.1 Å². The summed E-state index contributed by atoms with van der Waals surface area (Å²) in [6.45, 7) is 2.47. The van der Waals surface area contributed by atoms with Crippen LogP contribution in [0.15, 0.2) is 54.6 Å². The van der Waals surface area contributed by atoms with Crippen molar-refractivity contribution in [3.05, 3.63) is 65.7 Å². The fraction of sp³-hybridized carbons (Fsp3) is 0.250. The monoisotopic (exact) mass is 257 g/mol. The van der Waals surface area contributed by atoms with Gasteiger partial charge in [-0.2, -0.15) is 0 Å². The van der Waals surface area contributed by atoms with E-state index < -0.39 is 5.60 Å². The van der Waals surface area contributed by atoms with Crippen molar-refractivity contribution >= 4 is 0 Å². The normalized spacial score (nSPS) is 13.8. The van der Waals surface area contributed by atoms with Crippen LogP contribution in [0.1, 0.15) is 18.1 Å². The maximum absolute atomic E-state index is 10.4. The highest BCUT2D eigenvalue weighted by atomic mass is 16.5. The van der Waals surface area contributed by atoms with Gasteiger partial charge >= 0.3 is 0 Å². The van der Waals surface area contributed by atoms with E-state index >= 15 is 0 Å². The number of hydrogen-bond donors (Lipinski definition) is 2. The fourth-order valence-electron chi connectivity index (χ4n) is 1.83. The van der Waals surface area contributed by atoms with Crippen LogP contribution in [0.25, 0.3) is 0 Å². The van der Waals surface area contributed by atoms with E-state index in [1.165, 1.54) is 0 Å². The Morgan fingerprint density at radius 1 is 1.05 bits per heavy atom. The van der Waals surface area contributed by atoms with Crippen LogP contribution in [0.2, 0.25) is 0 Å². The summed E-state index contributed by atoms with van der Waals surface area (Å²) in [5.41, 5.74) is 6.43. The highest BCUT2D eigenvalue weighted by molar-refractivity contribution is 5.28. The number of nitrogens with two attached hydrogens (primary N) is 1. The molecule has 0 aliphatic carbocycles. The molecule has 0 spiro atoms. The number of benzene rings is 2. The van der Waals surface area contributed by atoms with Crippen LogP contribution in [0.3, 0.4) is 0 Å². The van der Waals surface area contributed by atoms with Gasteiger partial charge in [-0.15, -0.1) is 0 Å². The molecule has 0 saturated heterocycles. The Bertz CT molecular complexity index is 506. The summed E-state index contributed by atoms with van der Waals surface area (Å²) in [5.74, 6) is 0.730. The van der Waals surface area contributed by atoms with Crippen LogP contribution >= 0.6 is 0 Å². The Morgan fingerprint density at radius 3 is 2.26 bits per heavy atom. The molecule has 0 fully saturated rings. The lowest BCUT2D eigenvalue weighted by atomic mass is 9.97. The fourth-order valence-corrected chi connectivity index (χ4v) is 1.83. The predicted molar refractivity (Wildman–Crippen MR) is 75.8 cm³/mol. The minimum atomic E-state index is -1.01. The predicted octanol–water partition coefficient (Wildman–Crippen LogP) is 2.43. The molecule has 19 heavy (non-hydrogen) atoms. The standard InChI is InChI=1S/C16H19NO2/c1-16(18,14-5-3-2-4-6-14)12-19-15-9-7-13(11-17)8-10-15/h2-10,18H,11-12,17H2,1H3. The third kappa shape index (κ3) is 3.56. The van der Waals surface area contributed by atoms with Gasteiger partial charge in [-0.25, -0.2) is 0 Å². The van der Waals surface area contributed by atoms with Crippen molar-refractivity contribution < 1.29 is 9.84 Å². The molecule has 0 saturated carbocycles. The molecule has 2 aromatic rings. The summed E-state index contributed by atoms with van der Waals surface area (Å²) in [7, 11) is 0. The molecule has 0 bridgehead atoms. The maximum Gasteiger partial charge on any atom is 0.121 e. The lowest BCUT2D eigenvalue weighted by molar-refractivity contribution is 0.00759. The molecular formula is C16H19NO2. The van der Waals surface area contributed by atoms with Crippen molar-refractivity contribution in [2.24, 2.45) is 5.73 Å². The second kappa shape index (κ2) is 5.87. The summed E-state index contributed by atoms with van der Waals surface area (Å²) in [6.07, 6.45) is 0. The second-order valence-electron chi connectivity index (χ2n) is 4.78. The van der Waals surface area contributed by atoms with Crippen molar-refractivity contribution in [2.45, 2.75) is 19.1 Å². The quantitative estimate of drug-likeness (QED) is 0.865. The Hall–Kier alpha value is -1.84. The van der Waals surface area contributed by atoms with E-state index in [1.54, 1.807) is 6.92 Å². The van der Waals surface area contributed by atoms with Crippen molar-refractivity contribution in [2.75, 3.05) is 6.61 Å². The van der Waals surface area contributed by atoms with Gasteiger partial charge in [0.2, 0.25) is 0 Å². The first-order valence-electron chi connectivity index (χ1n) is 6.31. The van der Waals surface area contributed by atoms with E-state index in [1.807, 2.05) is 54.6 Å². The van der Waals surface area contributed by atoms with Crippen LogP contribution in [0.5, 0.6) is 5.75 Å². The first-order chi connectivity index (χ1) is 9.12. The van der Waals surface area contributed by atoms with Gasteiger partial charge in [-0.3, -0.25) is 0 Å². The molecule has 0 heterocycles. The van der Waals surface area contributed by atoms with Crippen LogP contribution in [-0.4, -0.2) is 11.7 Å². The topological polar surface area (TPSA) is 55.5 Å². The van der Waals surface area contributed by atoms with Gasteiger partial charge < -0.3 is 15.6 Å². The molecule has 0 aliphatic rings. The Labute approximate surface area is 113 Å². The van der Waals surface area contributed by atoms with Gasteiger partial charge in [0.25, 0.3) is 0 Å². The summed E-state index contributed by atoms with van der Waals surface area (Å²) in [5, 5.41) is 10.4. The van der Waals surface area contributed by atoms with E-state index in [0.29, 0.717) is 6.54 Å². The first-order valence-corrected chi connectivity index (χ1v) is 6.31. The van der Waals surface area contributed by atoms with Crippen LogP contribution in [0, 0.1) is 0 Å². The zero-order chi connectivity index (χ0) is 13.7. The summed E-state index contributed by atoms with van der Waals surface area (Å²) in [6, 6.07) is 17.1. The molecule has 0 radical (unpaired) electrons. The molecule has 1 atom stereocenters. The zero-order valence-electron chi connectivity index (χ0n) is 11.0. The SMILES string of the molecule is CC(O)(COc1ccc(CN)cc1)c1ccccc1. The smallest absolute Gasteiger partial charge is 0.121 e. The Morgan fingerprint density at radius 2 is 1.68 bits per heavy atom. The van der Waals surface area contributed by atoms with Gasteiger partial charge in [0.1, 0.15) is 18.0 Å². The van der Waals surface area contributed by atoms with Gasteiger partial charge in [-0.05, 0) is 30.2 Å². The summed E-state index contributed by atoms with van der Waals surface area (Å²) in [4.78, 5) is 0. The van der Waals surface area contributed by atoms with Crippen molar-refractivity contribution in [1.82, 2.24) is 0 Å². The number of rotatable bonds is 5. The molecule has 2 rings (SSSR count). The molecule has 2 aromatic carbocycles. The molecule has 3 nitrogen and oxygen atoms in total. The Kier molecular flexibility index (Phi) is 4.20. The van der Waals surface area contributed by atoms with E-state index in [4.69, 9.17) is 10.5 Å². The molecule has 1 unspecified atom stereocenters. The minimum absolute atomic E-state index is 0.207. The van der Waals surface area contributed by atoms with Gasteiger partial charge in [0.05, 0.1) is 0 Å². The highest BCUT2D eigenvalue weighted by Crippen LogP contribution is 2.22. The van der Waals surface area contributed by atoms with E-state index in [-0.39, 0.29) is 6.61 Å². The third-order valence-corrected chi connectivity index (χ3v) is 3.07. The number of hydrogen-bond acceptors (Lipinski definition) is 3.